The molecule has 0 aromatic heterocycles. The van der Waals surface area contributed by atoms with E-state index in [1.165, 1.54) is 11.9 Å². The Kier molecular flexibility index (Phi) is 6.02. The summed E-state index contributed by atoms with van der Waals surface area (Å²) in [7, 11) is 4.69. The average Bonchev–Trinajstić information content (AvgIpc) is 3.02. The van der Waals surface area contributed by atoms with Gasteiger partial charge in [0.1, 0.15) is 5.75 Å². The number of fused-ring (bicyclic) bond motifs is 1. The predicted molar refractivity (Wildman–Crippen MR) is 114 cm³/mol. The molecule has 1 aromatic rings. The number of guanidine groups is 1. The number of hydrazone groups is 1. The van der Waals surface area contributed by atoms with E-state index in [9.17, 15) is 9.59 Å². The van der Waals surface area contributed by atoms with Gasteiger partial charge in [0, 0.05) is 24.1 Å². The molecule has 3 rings (SSSR count). The minimum atomic E-state index is -0.650. The Bertz CT molecular complexity index is 940. The number of rotatable bonds is 5. The van der Waals surface area contributed by atoms with Crippen molar-refractivity contribution in [3.05, 3.63) is 28.2 Å². The van der Waals surface area contributed by atoms with Gasteiger partial charge in [-0.25, -0.2) is 9.37 Å². The van der Waals surface area contributed by atoms with Crippen molar-refractivity contribution < 1.29 is 18.9 Å². The number of benzene rings is 1. The number of nitrogens with zero attached hydrogens (tertiary/aromatic N) is 5. The minimum Gasteiger partial charge on any atom is -0.496 e. The molecule has 29 heavy (non-hydrogen) atoms. The van der Waals surface area contributed by atoms with Gasteiger partial charge in [-0.05, 0) is 24.1 Å². The number of hydrogen-bond donors (Lipinski definition) is 1. The molecule has 2 aliphatic heterocycles. The number of carbonyl (C=O) groups excluding carboxylic acids is 2. The van der Waals surface area contributed by atoms with E-state index >= 15 is 0 Å². The number of nitrogens with one attached hydrogen (secondary N) is 1. The smallest absolute Gasteiger partial charge is 0.413 e. The number of halogens is 1. The summed E-state index contributed by atoms with van der Waals surface area (Å²) in [5, 5.41) is 4.29. The zero-order chi connectivity index (χ0) is 21.3. The fourth-order valence-corrected chi connectivity index (χ4v) is 3.62. The number of aliphatic imine (C=N–C) groups is 1. The molecule has 1 fully saturated rings. The van der Waals surface area contributed by atoms with Gasteiger partial charge in [-0.1, -0.05) is 34.8 Å². The summed E-state index contributed by atoms with van der Waals surface area (Å²) in [5.41, 5.74) is 3.70. The minimum absolute atomic E-state index is 0.275. The lowest BCUT2D eigenvalue weighted by molar-refractivity contribution is -0.543. The van der Waals surface area contributed by atoms with Crippen molar-refractivity contribution in [1.82, 2.24) is 15.2 Å². The van der Waals surface area contributed by atoms with Gasteiger partial charge < -0.3 is 4.74 Å². The van der Waals surface area contributed by atoms with Crippen LogP contribution in [0.25, 0.3) is 0 Å². The number of amidine groups is 1. The first-order valence-electron chi connectivity index (χ1n) is 9.14. The molecular weight excluding hydrogens is 440 g/mol. The van der Waals surface area contributed by atoms with Crippen molar-refractivity contribution in [1.29, 1.82) is 0 Å². The summed E-state index contributed by atoms with van der Waals surface area (Å²) in [6.45, 7) is 4.69. The highest BCUT2D eigenvalue weighted by Crippen LogP contribution is 2.22. The van der Waals surface area contributed by atoms with Crippen LogP contribution in [-0.2, 0) is 4.79 Å². The van der Waals surface area contributed by atoms with E-state index in [-0.39, 0.29) is 11.8 Å². The molecule has 1 saturated heterocycles. The average molecular weight is 464 g/mol. The predicted octanol–water partition coefficient (Wildman–Crippen LogP) is 1.71. The molecule has 0 saturated carbocycles. The van der Waals surface area contributed by atoms with Gasteiger partial charge in [0.2, 0.25) is 11.9 Å². The lowest BCUT2D eigenvalue weighted by Gasteiger charge is -2.32. The second-order valence-corrected chi connectivity index (χ2v) is 8.15. The fourth-order valence-electron chi connectivity index (χ4n) is 3.24. The monoisotopic (exact) mass is 463 g/mol. The molecular formula is C19H24BrN6O3+. The van der Waals surface area contributed by atoms with Crippen LogP contribution in [-0.4, -0.2) is 78.1 Å². The summed E-state index contributed by atoms with van der Waals surface area (Å²) in [6, 6.07) is 4.54. The second kappa shape index (κ2) is 8.32. The molecule has 2 heterocycles. The van der Waals surface area contributed by atoms with Crippen LogP contribution in [0.1, 0.15) is 19.4 Å². The summed E-state index contributed by atoms with van der Waals surface area (Å²) in [6.07, 6.45) is 1.62. The molecule has 1 unspecified atom stereocenters. The highest BCUT2D eigenvalue weighted by molar-refractivity contribution is 9.10. The summed E-state index contributed by atoms with van der Waals surface area (Å²) >= 11 is 3.43. The standard InChI is InChI=1S/C19H23BrN6O3/c1-11(2)10-26-15-16(24(3)19(28)25(4)17(15)27)22-18(26)23-21-9-12-8-13(20)6-7-14(12)29-5/h6-9,11,15H,10H2,1-5H3/p+1/b21-9+. The van der Waals surface area contributed by atoms with Gasteiger partial charge in [-0.3, -0.25) is 14.6 Å². The van der Waals surface area contributed by atoms with E-state index in [1.54, 1.807) is 20.4 Å². The molecule has 1 N–H and O–H groups in total. The molecule has 9 nitrogen and oxygen atoms in total. The second-order valence-electron chi connectivity index (χ2n) is 7.24. The third-order valence-corrected chi connectivity index (χ3v) is 5.15. The van der Waals surface area contributed by atoms with E-state index in [4.69, 9.17) is 4.74 Å². The van der Waals surface area contributed by atoms with Crippen LogP contribution >= 0.6 is 15.9 Å². The first-order valence-corrected chi connectivity index (χ1v) is 9.94. The van der Waals surface area contributed by atoms with Gasteiger partial charge in [0.25, 0.3) is 5.91 Å². The molecule has 3 amide bonds. The lowest BCUT2D eigenvalue weighted by Crippen LogP contribution is -2.61. The Hall–Kier alpha value is -2.75. The van der Waals surface area contributed by atoms with E-state index in [0.29, 0.717) is 24.1 Å². The largest absolute Gasteiger partial charge is 0.496 e. The highest BCUT2D eigenvalue weighted by Gasteiger charge is 2.51. The highest BCUT2D eigenvalue weighted by atomic mass is 79.9. The van der Waals surface area contributed by atoms with Gasteiger partial charge in [0.05, 0.1) is 19.9 Å². The molecule has 1 aromatic carbocycles. The normalized spacial score (nSPS) is 19.4. The Labute approximate surface area is 177 Å². The Morgan fingerprint density at radius 1 is 1.34 bits per heavy atom. The van der Waals surface area contributed by atoms with Crippen LogP contribution in [0.2, 0.25) is 0 Å². The van der Waals surface area contributed by atoms with Gasteiger partial charge >= 0.3 is 12.0 Å². The Balaban J connectivity index is 1.93. The Morgan fingerprint density at radius 2 is 2.07 bits per heavy atom. The molecule has 0 spiro atoms. The number of imide groups is 1. The lowest BCUT2D eigenvalue weighted by atomic mass is 10.1. The van der Waals surface area contributed by atoms with E-state index in [2.05, 4.69) is 45.3 Å². The maximum atomic E-state index is 12.8. The molecule has 1 atom stereocenters. The summed E-state index contributed by atoms with van der Waals surface area (Å²) in [4.78, 5) is 32.1. The molecule has 10 heteroatoms. The fraction of sp³-hybridized carbons (Fsp3) is 0.421. The van der Waals surface area contributed by atoms with Crippen molar-refractivity contribution in [2.75, 3.05) is 27.7 Å². The van der Waals surface area contributed by atoms with Gasteiger partial charge in [0.15, 0.2) is 0 Å². The van der Waals surface area contributed by atoms with Crippen molar-refractivity contribution in [3.8, 4) is 5.75 Å². The number of amides is 3. The number of likely N-dealkylation sites (N-methyl/N-ethyl adjacent to an activating group) is 2. The van der Waals surface area contributed by atoms with Crippen molar-refractivity contribution >= 4 is 45.9 Å². The van der Waals surface area contributed by atoms with Crippen LogP contribution in [0.5, 0.6) is 5.75 Å². The molecule has 0 radical (unpaired) electrons. The number of methoxy groups -OCH3 is 1. The molecule has 154 valence electrons. The number of carbonyl (C=O) groups is 2. The molecule has 0 bridgehead atoms. The zero-order valence-corrected chi connectivity index (χ0v) is 18.6. The van der Waals surface area contributed by atoms with Gasteiger partial charge in [-0.2, -0.15) is 5.43 Å². The van der Waals surface area contributed by atoms with Crippen molar-refractivity contribution in [3.63, 3.8) is 0 Å². The number of urea groups is 1. The van der Waals surface area contributed by atoms with E-state index in [1.807, 2.05) is 22.8 Å². The maximum absolute atomic E-state index is 12.8. The van der Waals surface area contributed by atoms with Crippen LogP contribution in [0.3, 0.4) is 0 Å². The van der Waals surface area contributed by atoms with Crippen LogP contribution < -0.4 is 10.2 Å². The third-order valence-electron chi connectivity index (χ3n) is 4.65. The first kappa shape index (κ1) is 21.0. The third kappa shape index (κ3) is 4.02. The van der Waals surface area contributed by atoms with Crippen molar-refractivity contribution in [2.24, 2.45) is 16.0 Å². The van der Waals surface area contributed by atoms with Gasteiger partial charge in [-0.15, -0.1) is 5.10 Å². The van der Waals surface area contributed by atoms with Crippen LogP contribution in [0.4, 0.5) is 4.79 Å². The van der Waals surface area contributed by atoms with E-state index in [0.717, 1.165) is 14.9 Å². The van der Waals surface area contributed by atoms with E-state index < -0.39 is 12.1 Å². The number of ether oxygens (including phenoxy) is 1. The zero-order valence-electron chi connectivity index (χ0n) is 17.0. The topological polar surface area (TPSA) is 89.6 Å². The Morgan fingerprint density at radius 3 is 2.72 bits per heavy atom. The number of hydrogen-bond acceptors (Lipinski definition) is 6. The van der Waals surface area contributed by atoms with Crippen LogP contribution in [0.15, 0.2) is 32.8 Å². The SMILES string of the molecule is COc1ccc(Br)cc1/C=N/NC1=[N+](CC(C)C)C2C(=O)N(C)C(=O)N(C)C2=N1. The molecule has 2 aliphatic rings. The quantitative estimate of drug-likeness (QED) is 0.408. The maximum Gasteiger partial charge on any atom is 0.413 e. The first-order chi connectivity index (χ1) is 13.7. The van der Waals surface area contributed by atoms with Crippen LogP contribution in [0, 0.1) is 5.92 Å². The summed E-state index contributed by atoms with van der Waals surface area (Å²) in [5.74, 6) is 1.47. The molecule has 0 aliphatic carbocycles. The van der Waals surface area contributed by atoms with Crippen molar-refractivity contribution in [2.45, 2.75) is 19.9 Å². The summed E-state index contributed by atoms with van der Waals surface area (Å²) < 4.78 is 8.09.